The van der Waals surface area contributed by atoms with Crippen LogP contribution in [0.3, 0.4) is 0 Å². The topological polar surface area (TPSA) is 139 Å². The van der Waals surface area contributed by atoms with E-state index >= 15 is 0 Å². The summed E-state index contributed by atoms with van der Waals surface area (Å²) in [6.45, 7) is 1.98. The number of nitrogens with one attached hydrogen (secondary N) is 4. The molecular formula is C25H27N5O5S. The molecule has 36 heavy (non-hydrogen) atoms. The van der Waals surface area contributed by atoms with Gasteiger partial charge in [-0.2, -0.15) is 0 Å². The first-order valence-electron chi connectivity index (χ1n) is 11.3. The van der Waals surface area contributed by atoms with Gasteiger partial charge in [0.15, 0.2) is 5.13 Å². The number of hydrogen-bond donors (Lipinski definition) is 4. The number of esters is 1. The van der Waals surface area contributed by atoms with E-state index in [2.05, 4.69) is 26.3 Å². The third-order valence-corrected chi connectivity index (χ3v) is 5.63. The van der Waals surface area contributed by atoms with Crippen molar-refractivity contribution >= 4 is 40.3 Å². The lowest BCUT2D eigenvalue weighted by Crippen LogP contribution is -2.39. The largest absolute Gasteiger partial charge is 0.466 e. The molecule has 10 nitrogen and oxygen atoms in total. The lowest BCUT2D eigenvalue weighted by Gasteiger charge is -2.18. The van der Waals surface area contributed by atoms with Crippen molar-refractivity contribution in [3.05, 3.63) is 82.9 Å². The molecule has 0 saturated carbocycles. The van der Waals surface area contributed by atoms with Gasteiger partial charge in [-0.15, -0.1) is 11.3 Å². The van der Waals surface area contributed by atoms with Crippen LogP contribution < -0.4 is 21.3 Å². The van der Waals surface area contributed by atoms with E-state index in [1.165, 1.54) is 5.38 Å². The van der Waals surface area contributed by atoms with Gasteiger partial charge in [0.2, 0.25) is 5.91 Å². The molecule has 0 fully saturated rings. The molecule has 4 N–H and O–H groups in total. The number of carbonyl (C=O) groups is 4. The van der Waals surface area contributed by atoms with E-state index in [0.29, 0.717) is 6.54 Å². The number of anilines is 1. The number of urea groups is 1. The van der Waals surface area contributed by atoms with Gasteiger partial charge in [0.1, 0.15) is 5.69 Å². The van der Waals surface area contributed by atoms with Crippen LogP contribution in [-0.2, 0) is 20.9 Å². The summed E-state index contributed by atoms with van der Waals surface area (Å²) in [7, 11) is 0. The van der Waals surface area contributed by atoms with Crippen LogP contribution in [0.1, 0.15) is 41.0 Å². The number of ether oxygens (including phenoxy) is 1. The van der Waals surface area contributed by atoms with Gasteiger partial charge in [0, 0.05) is 11.9 Å². The first-order chi connectivity index (χ1) is 17.4. The minimum Gasteiger partial charge on any atom is -0.466 e. The number of benzene rings is 2. The van der Waals surface area contributed by atoms with E-state index in [0.717, 1.165) is 22.5 Å². The van der Waals surface area contributed by atoms with Crippen molar-refractivity contribution in [2.45, 2.75) is 25.9 Å². The summed E-state index contributed by atoms with van der Waals surface area (Å²) < 4.78 is 5.00. The Kier molecular flexibility index (Phi) is 9.95. The molecule has 0 bridgehead atoms. The maximum Gasteiger partial charge on any atom is 0.321 e. The van der Waals surface area contributed by atoms with Crippen molar-refractivity contribution in [2.24, 2.45) is 0 Å². The third kappa shape index (κ3) is 8.51. The van der Waals surface area contributed by atoms with Gasteiger partial charge in [-0.1, -0.05) is 60.7 Å². The molecule has 3 rings (SSSR count). The van der Waals surface area contributed by atoms with Crippen LogP contribution in [-0.4, -0.2) is 42.0 Å². The van der Waals surface area contributed by atoms with E-state index < -0.39 is 29.9 Å². The number of rotatable bonds is 11. The SMILES string of the molecule is CCOC(=O)CC(NC(=O)CNC(=O)c1csc(NC(=O)NCc2ccccc2)n1)c1ccccc1. The average molecular weight is 510 g/mol. The van der Waals surface area contributed by atoms with E-state index in [4.69, 9.17) is 4.74 Å². The van der Waals surface area contributed by atoms with E-state index in [1.807, 2.05) is 36.4 Å². The summed E-state index contributed by atoms with van der Waals surface area (Å²) in [5, 5.41) is 12.3. The summed E-state index contributed by atoms with van der Waals surface area (Å²) in [5.74, 6) is -1.48. The molecule has 11 heteroatoms. The van der Waals surface area contributed by atoms with Crippen LogP contribution in [0.25, 0.3) is 0 Å². The van der Waals surface area contributed by atoms with Gasteiger partial charge < -0.3 is 20.7 Å². The summed E-state index contributed by atoms with van der Waals surface area (Å²) in [5.41, 5.74) is 1.75. The minimum atomic E-state index is -0.598. The van der Waals surface area contributed by atoms with Crippen LogP contribution in [0, 0.1) is 0 Å². The molecule has 0 aliphatic heterocycles. The molecular weight excluding hydrogens is 482 g/mol. The minimum absolute atomic E-state index is 0.0367. The van der Waals surface area contributed by atoms with Crippen LogP contribution in [0.2, 0.25) is 0 Å². The lowest BCUT2D eigenvalue weighted by molar-refractivity contribution is -0.143. The molecule has 0 aliphatic carbocycles. The van der Waals surface area contributed by atoms with Crippen LogP contribution in [0.15, 0.2) is 66.0 Å². The van der Waals surface area contributed by atoms with Gasteiger partial charge in [-0.05, 0) is 18.1 Å². The molecule has 2 aromatic carbocycles. The Labute approximate surface area is 212 Å². The molecule has 1 aromatic heterocycles. The monoisotopic (exact) mass is 509 g/mol. The van der Waals surface area contributed by atoms with Crippen molar-refractivity contribution in [2.75, 3.05) is 18.5 Å². The number of nitrogens with zero attached hydrogens (tertiary/aromatic N) is 1. The van der Waals surface area contributed by atoms with Gasteiger partial charge in [-0.3, -0.25) is 19.7 Å². The van der Waals surface area contributed by atoms with Crippen LogP contribution >= 0.6 is 11.3 Å². The quantitative estimate of drug-likeness (QED) is 0.293. The molecule has 0 radical (unpaired) electrons. The standard InChI is InChI=1S/C25H27N5O5S/c1-2-35-22(32)13-19(18-11-7-4-8-12-18)28-21(31)15-26-23(33)20-16-36-25(29-20)30-24(34)27-14-17-9-5-3-6-10-17/h3-12,16,19H,2,13-15H2,1H3,(H,26,33)(H,28,31)(H2,27,29,30,34). The number of amides is 4. The highest BCUT2D eigenvalue weighted by molar-refractivity contribution is 7.14. The first-order valence-corrected chi connectivity index (χ1v) is 12.1. The molecule has 1 atom stereocenters. The highest BCUT2D eigenvalue weighted by Crippen LogP contribution is 2.17. The molecule has 0 saturated heterocycles. The molecule has 0 aliphatic rings. The Morgan fingerprint density at radius 2 is 1.67 bits per heavy atom. The Bertz CT molecular complexity index is 1170. The maximum atomic E-state index is 12.5. The smallest absolute Gasteiger partial charge is 0.321 e. The second-order valence-electron chi connectivity index (χ2n) is 7.55. The summed E-state index contributed by atoms with van der Waals surface area (Å²) in [4.78, 5) is 53.0. The average Bonchev–Trinajstić information content (AvgIpc) is 3.35. The molecule has 0 spiro atoms. The second-order valence-corrected chi connectivity index (χ2v) is 8.41. The van der Waals surface area contributed by atoms with Gasteiger partial charge in [-0.25, -0.2) is 9.78 Å². The first kappa shape index (κ1) is 26.4. The molecule has 1 unspecified atom stereocenters. The van der Waals surface area contributed by atoms with Crippen molar-refractivity contribution in [1.82, 2.24) is 20.9 Å². The van der Waals surface area contributed by atoms with Gasteiger partial charge in [0.05, 0.1) is 25.6 Å². The molecule has 3 aromatic rings. The maximum absolute atomic E-state index is 12.5. The van der Waals surface area contributed by atoms with Crippen molar-refractivity contribution < 1.29 is 23.9 Å². The van der Waals surface area contributed by atoms with Gasteiger partial charge >= 0.3 is 12.0 Å². The summed E-state index contributed by atoms with van der Waals surface area (Å²) >= 11 is 1.09. The molecule has 4 amide bonds. The van der Waals surface area contributed by atoms with Crippen LogP contribution in [0.5, 0.6) is 0 Å². The lowest BCUT2D eigenvalue weighted by atomic mass is 10.0. The summed E-state index contributed by atoms with van der Waals surface area (Å²) in [6, 6.07) is 17.4. The Hall–Kier alpha value is -4.25. The predicted molar refractivity (Wildman–Crippen MR) is 135 cm³/mol. The van der Waals surface area contributed by atoms with E-state index in [-0.39, 0.29) is 30.4 Å². The summed E-state index contributed by atoms with van der Waals surface area (Å²) in [6.07, 6.45) is -0.0367. The Morgan fingerprint density at radius 1 is 0.972 bits per heavy atom. The second kappa shape index (κ2) is 13.6. The zero-order chi connectivity index (χ0) is 25.8. The van der Waals surface area contributed by atoms with E-state index in [1.54, 1.807) is 31.2 Å². The fourth-order valence-electron chi connectivity index (χ4n) is 3.18. The zero-order valence-corrected chi connectivity index (χ0v) is 20.5. The zero-order valence-electron chi connectivity index (χ0n) is 19.7. The fraction of sp³-hybridized carbons (Fsp3) is 0.240. The number of thiazole rings is 1. The van der Waals surface area contributed by atoms with Crippen LogP contribution in [0.4, 0.5) is 9.93 Å². The normalized spacial score (nSPS) is 11.1. The van der Waals surface area contributed by atoms with Crippen molar-refractivity contribution in [1.29, 1.82) is 0 Å². The van der Waals surface area contributed by atoms with E-state index in [9.17, 15) is 19.2 Å². The highest BCUT2D eigenvalue weighted by Gasteiger charge is 2.20. The fourth-order valence-corrected chi connectivity index (χ4v) is 3.86. The number of aromatic nitrogens is 1. The van der Waals surface area contributed by atoms with Gasteiger partial charge in [0.25, 0.3) is 5.91 Å². The predicted octanol–water partition coefficient (Wildman–Crippen LogP) is 3.01. The molecule has 1 heterocycles. The Balaban J connectivity index is 1.48. The highest BCUT2D eigenvalue weighted by atomic mass is 32.1. The Morgan fingerprint density at radius 3 is 2.36 bits per heavy atom. The van der Waals surface area contributed by atoms with Crippen molar-refractivity contribution in [3.63, 3.8) is 0 Å². The number of hydrogen-bond acceptors (Lipinski definition) is 7. The van der Waals surface area contributed by atoms with Crippen molar-refractivity contribution in [3.8, 4) is 0 Å². The third-order valence-electron chi connectivity index (χ3n) is 4.88. The molecule has 188 valence electrons. The number of carbonyl (C=O) groups excluding carboxylic acids is 4.